The molecule has 0 nitrogen and oxygen atoms in total. The van der Waals surface area contributed by atoms with Gasteiger partial charge in [-0.2, -0.15) is 0 Å². The van der Waals surface area contributed by atoms with Gasteiger partial charge in [-0.1, -0.05) is 95.9 Å². The number of hydrogen-bond acceptors (Lipinski definition) is 0. The predicted octanol–water partition coefficient (Wildman–Crippen LogP) is 8.19. The molecule has 0 saturated carbocycles. The van der Waals surface area contributed by atoms with Crippen molar-refractivity contribution in [3.05, 3.63) is 35.4 Å². The number of halogens is 2. The SMILES string of the molecule is CCCCCCCCCCCC(C)c1ccc(C(Cl)Cl)cc1. The number of rotatable bonds is 12. The second kappa shape index (κ2) is 12.3. The Morgan fingerprint density at radius 3 is 1.68 bits per heavy atom. The van der Waals surface area contributed by atoms with Gasteiger partial charge in [0.15, 0.2) is 0 Å². The molecule has 1 rings (SSSR count). The maximum absolute atomic E-state index is 5.87. The van der Waals surface area contributed by atoms with Crippen LogP contribution in [0.5, 0.6) is 0 Å². The minimum atomic E-state index is -0.415. The van der Waals surface area contributed by atoms with Crippen LogP contribution in [0.3, 0.4) is 0 Å². The topological polar surface area (TPSA) is 0 Å². The van der Waals surface area contributed by atoms with E-state index in [1.165, 1.54) is 69.8 Å². The first-order chi connectivity index (χ1) is 10.6. The van der Waals surface area contributed by atoms with E-state index in [4.69, 9.17) is 23.2 Å². The molecular formula is C20H32Cl2. The van der Waals surface area contributed by atoms with E-state index >= 15 is 0 Å². The molecule has 0 N–H and O–H groups in total. The highest BCUT2D eigenvalue weighted by Gasteiger charge is 2.07. The van der Waals surface area contributed by atoms with E-state index in [0.717, 1.165) is 5.56 Å². The van der Waals surface area contributed by atoms with Gasteiger partial charge in [0.1, 0.15) is 4.84 Å². The van der Waals surface area contributed by atoms with E-state index in [0.29, 0.717) is 5.92 Å². The molecule has 0 aromatic heterocycles. The highest BCUT2D eigenvalue weighted by molar-refractivity contribution is 6.44. The zero-order valence-corrected chi connectivity index (χ0v) is 15.8. The molecule has 126 valence electrons. The Morgan fingerprint density at radius 1 is 0.727 bits per heavy atom. The average Bonchev–Trinajstić information content (AvgIpc) is 2.53. The second-order valence-corrected chi connectivity index (χ2v) is 7.58. The fourth-order valence-electron chi connectivity index (χ4n) is 2.90. The quantitative estimate of drug-likeness (QED) is 0.265. The molecule has 0 aliphatic rings. The average molecular weight is 343 g/mol. The molecule has 0 heterocycles. The van der Waals surface area contributed by atoms with E-state index in [9.17, 15) is 0 Å². The third-order valence-electron chi connectivity index (χ3n) is 4.50. The smallest absolute Gasteiger partial charge is 0.100 e. The normalized spacial score (nSPS) is 12.8. The lowest BCUT2D eigenvalue weighted by Crippen LogP contribution is -1.94. The molecule has 0 spiro atoms. The maximum atomic E-state index is 5.87. The van der Waals surface area contributed by atoms with Crippen molar-refractivity contribution in [3.63, 3.8) is 0 Å². The van der Waals surface area contributed by atoms with Gasteiger partial charge in [0.2, 0.25) is 0 Å². The Balaban J connectivity index is 2.09. The van der Waals surface area contributed by atoms with Crippen molar-refractivity contribution in [2.24, 2.45) is 0 Å². The summed E-state index contributed by atoms with van der Waals surface area (Å²) >= 11 is 11.7. The van der Waals surface area contributed by atoms with Gasteiger partial charge in [0.25, 0.3) is 0 Å². The molecule has 0 saturated heterocycles. The third-order valence-corrected chi connectivity index (χ3v) is 5.00. The molecule has 0 radical (unpaired) electrons. The first kappa shape index (κ1) is 19.8. The van der Waals surface area contributed by atoms with Crippen molar-refractivity contribution in [1.29, 1.82) is 0 Å². The van der Waals surface area contributed by atoms with Gasteiger partial charge >= 0.3 is 0 Å². The van der Waals surface area contributed by atoms with Crippen LogP contribution >= 0.6 is 23.2 Å². The Hall–Kier alpha value is -0.200. The maximum Gasteiger partial charge on any atom is 0.132 e. The summed E-state index contributed by atoms with van der Waals surface area (Å²) in [7, 11) is 0. The number of unbranched alkanes of at least 4 members (excludes halogenated alkanes) is 8. The lowest BCUT2D eigenvalue weighted by Gasteiger charge is -2.13. The van der Waals surface area contributed by atoms with Crippen LogP contribution in [0.4, 0.5) is 0 Å². The first-order valence-electron chi connectivity index (χ1n) is 9.03. The fraction of sp³-hybridized carbons (Fsp3) is 0.700. The Labute approximate surface area is 147 Å². The van der Waals surface area contributed by atoms with E-state index in [2.05, 4.69) is 26.0 Å². The summed E-state index contributed by atoms with van der Waals surface area (Å²) in [6.07, 6.45) is 13.8. The summed E-state index contributed by atoms with van der Waals surface area (Å²) in [6, 6.07) is 8.44. The molecule has 1 aromatic carbocycles. The van der Waals surface area contributed by atoms with Gasteiger partial charge in [-0.15, -0.1) is 23.2 Å². The number of hydrogen-bond donors (Lipinski definition) is 0. The van der Waals surface area contributed by atoms with E-state index < -0.39 is 4.84 Å². The molecule has 1 atom stereocenters. The van der Waals surface area contributed by atoms with Crippen LogP contribution in [0, 0.1) is 0 Å². The summed E-state index contributed by atoms with van der Waals surface area (Å²) in [5.74, 6) is 0.628. The van der Waals surface area contributed by atoms with Crippen LogP contribution in [0.25, 0.3) is 0 Å². The van der Waals surface area contributed by atoms with E-state index in [-0.39, 0.29) is 0 Å². The van der Waals surface area contributed by atoms with Gasteiger partial charge in [0, 0.05) is 0 Å². The molecule has 0 amide bonds. The summed E-state index contributed by atoms with van der Waals surface area (Å²) in [5.41, 5.74) is 2.39. The molecule has 1 aromatic rings. The van der Waals surface area contributed by atoms with Crippen molar-refractivity contribution in [2.45, 2.75) is 88.8 Å². The molecule has 0 fully saturated rings. The summed E-state index contributed by atoms with van der Waals surface area (Å²) in [6.45, 7) is 4.59. The molecule has 22 heavy (non-hydrogen) atoms. The van der Waals surface area contributed by atoms with E-state index in [1.807, 2.05) is 12.1 Å². The van der Waals surface area contributed by atoms with Crippen molar-refractivity contribution >= 4 is 23.2 Å². The lowest BCUT2D eigenvalue weighted by atomic mass is 9.94. The van der Waals surface area contributed by atoms with E-state index in [1.54, 1.807) is 0 Å². The summed E-state index contributed by atoms with van der Waals surface area (Å²) in [5, 5.41) is 0. The third kappa shape index (κ3) is 8.44. The zero-order chi connectivity index (χ0) is 16.2. The molecule has 0 bridgehead atoms. The fourth-order valence-corrected chi connectivity index (χ4v) is 3.19. The van der Waals surface area contributed by atoms with Gasteiger partial charge < -0.3 is 0 Å². The van der Waals surface area contributed by atoms with Crippen molar-refractivity contribution in [2.75, 3.05) is 0 Å². The minimum Gasteiger partial charge on any atom is -0.100 e. The first-order valence-corrected chi connectivity index (χ1v) is 9.90. The zero-order valence-electron chi connectivity index (χ0n) is 14.3. The highest BCUT2D eigenvalue weighted by atomic mass is 35.5. The summed E-state index contributed by atoms with van der Waals surface area (Å²) < 4.78 is 0. The Kier molecular flexibility index (Phi) is 11.1. The molecule has 2 heteroatoms. The largest absolute Gasteiger partial charge is 0.132 e. The van der Waals surface area contributed by atoms with Crippen LogP contribution in [0.15, 0.2) is 24.3 Å². The van der Waals surface area contributed by atoms with Crippen molar-refractivity contribution in [1.82, 2.24) is 0 Å². The van der Waals surface area contributed by atoms with Crippen LogP contribution in [-0.4, -0.2) is 0 Å². The molecule has 0 aliphatic heterocycles. The minimum absolute atomic E-state index is 0.415. The molecular weight excluding hydrogens is 311 g/mol. The van der Waals surface area contributed by atoms with Crippen LogP contribution in [0.2, 0.25) is 0 Å². The Bertz CT molecular complexity index is 370. The van der Waals surface area contributed by atoms with Crippen molar-refractivity contribution in [3.8, 4) is 0 Å². The van der Waals surface area contributed by atoms with Gasteiger partial charge in [-0.05, 0) is 23.5 Å². The van der Waals surface area contributed by atoms with Gasteiger partial charge in [-0.3, -0.25) is 0 Å². The summed E-state index contributed by atoms with van der Waals surface area (Å²) in [4.78, 5) is -0.415. The number of benzene rings is 1. The van der Waals surface area contributed by atoms with Crippen LogP contribution in [0.1, 0.15) is 99.9 Å². The Morgan fingerprint density at radius 2 is 1.18 bits per heavy atom. The predicted molar refractivity (Wildman–Crippen MR) is 101 cm³/mol. The lowest BCUT2D eigenvalue weighted by molar-refractivity contribution is 0.538. The van der Waals surface area contributed by atoms with Crippen LogP contribution < -0.4 is 0 Å². The van der Waals surface area contributed by atoms with Gasteiger partial charge in [0.05, 0.1) is 0 Å². The van der Waals surface area contributed by atoms with Crippen LogP contribution in [-0.2, 0) is 0 Å². The molecule has 1 unspecified atom stereocenters. The van der Waals surface area contributed by atoms with Crippen molar-refractivity contribution < 1.29 is 0 Å². The standard InChI is InChI=1S/C20H32Cl2/c1-3-4-5-6-7-8-9-10-11-12-17(2)18-13-15-19(16-14-18)20(21)22/h13-17,20H,3-12H2,1-2H3. The number of alkyl halides is 2. The highest BCUT2D eigenvalue weighted by Crippen LogP contribution is 2.28. The monoisotopic (exact) mass is 342 g/mol. The van der Waals surface area contributed by atoms with Gasteiger partial charge in [-0.25, -0.2) is 0 Å². The molecule has 0 aliphatic carbocycles. The second-order valence-electron chi connectivity index (χ2n) is 6.49.